The molecule has 0 radical (unpaired) electrons. The van der Waals surface area contributed by atoms with Crippen LogP contribution in [0.4, 0.5) is 20.7 Å². The molecule has 4 N–H and O–H groups in total. The predicted octanol–water partition coefficient (Wildman–Crippen LogP) is 2.55. The molecule has 0 spiro atoms. The number of carbonyl (C=O) groups is 1. The van der Waals surface area contributed by atoms with Gasteiger partial charge in [0.2, 0.25) is 0 Å². The topological polar surface area (TPSA) is 89.3 Å². The molecule has 20 heavy (non-hydrogen) atoms. The molecule has 0 fully saturated rings. The average molecular weight is 276 g/mol. The van der Waals surface area contributed by atoms with Crippen LogP contribution in [0.1, 0.15) is 0 Å². The summed E-state index contributed by atoms with van der Waals surface area (Å²) in [6.07, 6.45) is 1.54. The maximum atomic E-state index is 13.8. The summed E-state index contributed by atoms with van der Waals surface area (Å²) in [5.41, 5.74) is 5.21. The molecule has 104 valence electrons. The van der Waals surface area contributed by atoms with E-state index >= 15 is 0 Å². The van der Waals surface area contributed by atoms with Crippen LogP contribution in [-0.4, -0.2) is 18.1 Å². The summed E-state index contributed by atoms with van der Waals surface area (Å²) in [5, 5.41) is 5.13. The van der Waals surface area contributed by atoms with Gasteiger partial charge in [-0.15, -0.1) is 0 Å². The minimum Gasteiger partial charge on any atom is -0.454 e. The van der Waals surface area contributed by atoms with Crippen LogP contribution in [0.5, 0.6) is 11.5 Å². The minimum atomic E-state index is -0.758. The van der Waals surface area contributed by atoms with Gasteiger partial charge in [-0.3, -0.25) is 0 Å². The number of benzene rings is 1. The lowest BCUT2D eigenvalue weighted by molar-refractivity contribution is 0.259. The maximum absolute atomic E-state index is 13.8. The molecule has 0 aliphatic rings. The van der Waals surface area contributed by atoms with E-state index in [9.17, 15) is 9.18 Å². The Kier molecular flexibility index (Phi) is 3.99. The first-order valence-electron chi connectivity index (χ1n) is 5.76. The molecule has 7 heteroatoms. The normalized spacial score (nSPS) is 9.90. The Hall–Kier alpha value is -2.83. The van der Waals surface area contributed by atoms with Crippen molar-refractivity contribution in [3.8, 4) is 11.5 Å². The number of urea groups is 1. The molecule has 0 aliphatic carbocycles. The Bertz CT molecular complexity index is 634. The van der Waals surface area contributed by atoms with Gasteiger partial charge in [0.25, 0.3) is 0 Å². The summed E-state index contributed by atoms with van der Waals surface area (Å²) >= 11 is 0. The lowest BCUT2D eigenvalue weighted by Gasteiger charge is -2.09. The van der Waals surface area contributed by atoms with Crippen LogP contribution in [0.2, 0.25) is 0 Å². The highest BCUT2D eigenvalue weighted by molar-refractivity contribution is 5.87. The van der Waals surface area contributed by atoms with Crippen molar-refractivity contribution in [1.29, 1.82) is 0 Å². The molecule has 0 bridgehead atoms. The molecule has 2 rings (SSSR count). The second-order valence-electron chi connectivity index (χ2n) is 3.86. The lowest BCUT2D eigenvalue weighted by Crippen LogP contribution is -2.19. The largest absolute Gasteiger partial charge is 0.454 e. The fraction of sp³-hybridized carbons (Fsp3) is 0.0769. The number of carbonyl (C=O) groups excluding carboxylic acids is 1. The highest BCUT2D eigenvalue weighted by Gasteiger charge is 2.07. The lowest BCUT2D eigenvalue weighted by atomic mass is 10.3. The van der Waals surface area contributed by atoms with E-state index in [4.69, 9.17) is 10.5 Å². The second-order valence-corrected chi connectivity index (χ2v) is 3.86. The van der Waals surface area contributed by atoms with Crippen molar-refractivity contribution in [2.45, 2.75) is 0 Å². The number of anilines is 2. The first kappa shape index (κ1) is 13.6. The molecule has 0 saturated carbocycles. The molecule has 1 aromatic heterocycles. The third-order valence-electron chi connectivity index (χ3n) is 2.41. The zero-order chi connectivity index (χ0) is 14.5. The summed E-state index contributed by atoms with van der Waals surface area (Å²) in [7, 11) is 1.72. The van der Waals surface area contributed by atoms with Crippen molar-refractivity contribution in [2.75, 3.05) is 17.7 Å². The SMILES string of the molecule is CNc1cc(Oc2ccc(NC(N)=O)cc2F)ccn1. The quantitative estimate of drug-likeness (QED) is 0.800. The number of halogens is 1. The maximum Gasteiger partial charge on any atom is 0.316 e. The molecule has 2 amide bonds. The van der Waals surface area contributed by atoms with Gasteiger partial charge in [-0.1, -0.05) is 0 Å². The molecule has 2 aromatic rings. The number of hydrogen-bond acceptors (Lipinski definition) is 4. The molecule has 1 aromatic carbocycles. The molecular formula is C13H13FN4O2. The van der Waals surface area contributed by atoms with Gasteiger partial charge < -0.3 is 21.1 Å². The molecule has 1 heterocycles. The molecule has 0 saturated heterocycles. The fourth-order valence-electron chi connectivity index (χ4n) is 1.54. The summed E-state index contributed by atoms with van der Waals surface area (Å²) in [4.78, 5) is 14.7. The Balaban J connectivity index is 2.18. The Morgan fingerprint density at radius 1 is 1.35 bits per heavy atom. The molecular weight excluding hydrogens is 263 g/mol. The second kappa shape index (κ2) is 5.87. The van der Waals surface area contributed by atoms with E-state index < -0.39 is 11.8 Å². The monoisotopic (exact) mass is 276 g/mol. The van der Waals surface area contributed by atoms with Crippen LogP contribution in [0.15, 0.2) is 36.5 Å². The van der Waals surface area contributed by atoms with Gasteiger partial charge in [0, 0.05) is 31.1 Å². The number of nitrogens with two attached hydrogens (primary N) is 1. The summed E-state index contributed by atoms with van der Waals surface area (Å²) in [5.74, 6) is 0.473. The number of ether oxygens (including phenoxy) is 1. The summed E-state index contributed by atoms with van der Waals surface area (Å²) < 4.78 is 19.2. The number of primary amides is 1. The van der Waals surface area contributed by atoms with Crippen molar-refractivity contribution in [2.24, 2.45) is 5.73 Å². The van der Waals surface area contributed by atoms with E-state index in [0.717, 1.165) is 6.07 Å². The van der Waals surface area contributed by atoms with Gasteiger partial charge in [-0.05, 0) is 18.2 Å². The van der Waals surface area contributed by atoms with Crippen molar-refractivity contribution >= 4 is 17.5 Å². The first-order chi connectivity index (χ1) is 9.58. The number of aromatic nitrogens is 1. The number of amides is 2. The van der Waals surface area contributed by atoms with Gasteiger partial charge in [0.05, 0.1) is 0 Å². The van der Waals surface area contributed by atoms with Gasteiger partial charge in [0.15, 0.2) is 11.6 Å². The smallest absolute Gasteiger partial charge is 0.316 e. The first-order valence-corrected chi connectivity index (χ1v) is 5.76. The molecule has 0 unspecified atom stereocenters. The fourth-order valence-corrected chi connectivity index (χ4v) is 1.54. The number of pyridine rings is 1. The number of nitrogens with one attached hydrogen (secondary N) is 2. The Morgan fingerprint density at radius 2 is 2.15 bits per heavy atom. The highest BCUT2D eigenvalue weighted by atomic mass is 19.1. The van der Waals surface area contributed by atoms with Gasteiger partial charge in [0.1, 0.15) is 11.6 Å². The number of rotatable bonds is 4. The number of hydrogen-bond donors (Lipinski definition) is 3. The van der Waals surface area contributed by atoms with Gasteiger partial charge in [-0.2, -0.15) is 0 Å². The third kappa shape index (κ3) is 3.35. The van der Waals surface area contributed by atoms with Crippen molar-refractivity contribution < 1.29 is 13.9 Å². The van der Waals surface area contributed by atoms with Crippen molar-refractivity contribution in [3.05, 3.63) is 42.3 Å². The Labute approximate surface area is 114 Å². The van der Waals surface area contributed by atoms with Crippen LogP contribution in [0.3, 0.4) is 0 Å². The molecule has 0 aliphatic heterocycles. The molecule has 0 atom stereocenters. The van der Waals surface area contributed by atoms with Gasteiger partial charge >= 0.3 is 6.03 Å². The van der Waals surface area contributed by atoms with Gasteiger partial charge in [-0.25, -0.2) is 14.2 Å². The van der Waals surface area contributed by atoms with Crippen LogP contribution in [0, 0.1) is 5.82 Å². The van der Waals surface area contributed by atoms with Crippen molar-refractivity contribution in [3.63, 3.8) is 0 Å². The minimum absolute atomic E-state index is 0.0354. The van der Waals surface area contributed by atoms with Crippen LogP contribution >= 0.6 is 0 Å². The van der Waals surface area contributed by atoms with E-state index in [2.05, 4.69) is 15.6 Å². The summed E-state index contributed by atoms with van der Waals surface area (Å²) in [6.45, 7) is 0. The zero-order valence-electron chi connectivity index (χ0n) is 10.7. The highest BCUT2D eigenvalue weighted by Crippen LogP contribution is 2.27. The average Bonchev–Trinajstić information content (AvgIpc) is 2.41. The summed E-state index contributed by atoms with van der Waals surface area (Å²) in [6, 6.07) is 6.50. The van der Waals surface area contributed by atoms with E-state index in [1.54, 1.807) is 25.4 Å². The van der Waals surface area contributed by atoms with E-state index in [1.807, 2.05) is 0 Å². The number of nitrogens with zero attached hydrogens (tertiary/aromatic N) is 1. The molecule has 6 nitrogen and oxygen atoms in total. The van der Waals surface area contributed by atoms with E-state index in [1.165, 1.54) is 12.1 Å². The van der Waals surface area contributed by atoms with Crippen LogP contribution in [-0.2, 0) is 0 Å². The third-order valence-corrected chi connectivity index (χ3v) is 2.41. The Morgan fingerprint density at radius 3 is 2.80 bits per heavy atom. The standard InChI is InChI=1S/C13H13FN4O2/c1-16-12-7-9(4-5-17-12)20-11-3-2-8(6-10(11)14)18-13(15)19/h2-7H,1H3,(H,16,17)(H3,15,18,19). The van der Waals surface area contributed by atoms with Crippen molar-refractivity contribution in [1.82, 2.24) is 4.98 Å². The van der Waals surface area contributed by atoms with Crippen LogP contribution < -0.4 is 21.1 Å². The predicted molar refractivity (Wildman–Crippen MR) is 73.5 cm³/mol. The van der Waals surface area contributed by atoms with E-state index in [-0.39, 0.29) is 11.4 Å². The van der Waals surface area contributed by atoms with Crippen LogP contribution in [0.25, 0.3) is 0 Å². The zero-order valence-corrected chi connectivity index (χ0v) is 10.7. The van der Waals surface area contributed by atoms with E-state index in [0.29, 0.717) is 11.6 Å².